The van der Waals surface area contributed by atoms with E-state index in [1.807, 2.05) is 48.6 Å². The summed E-state index contributed by atoms with van der Waals surface area (Å²) in [6.45, 7) is 1.92. The van der Waals surface area contributed by atoms with Crippen LogP contribution in [0.3, 0.4) is 0 Å². The highest BCUT2D eigenvalue weighted by atomic mass is 35.5. The van der Waals surface area contributed by atoms with Crippen molar-refractivity contribution in [2.45, 2.75) is 6.54 Å². The van der Waals surface area contributed by atoms with Crippen molar-refractivity contribution in [2.24, 2.45) is 4.99 Å². The standard InChI is InChI=1S/C25H20Cl2N2O2.ClH/c26-21-10-8-17(15-22(21)27)9-11-23-20-6-1-2-7-24(20)29(13-12-28-23)16-18-4-3-5-19(14-18)25(30)31;/h1-11,14-15H,12-13,16H2,(H,30,31);1H/p-1/b11-9+;. The fourth-order valence-corrected chi connectivity index (χ4v) is 3.88. The first-order chi connectivity index (χ1) is 15.0. The van der Waals surface area contributed by atoms with Crippen LogP contribution < -0.4 is 10.0 Å². The smallest absolute Gasteiger partial charge is 0.0715 e. The topological polar surface area (TPSA) is 55.7 Å². The summed E-state index contributed by atoms with van der Waals surface area (Å²) in [4.78, 5) is 18.2. The van der Waals surface area contributed by atoms with Gasteiger partial charge in [-0.3, -0.25) is 4.99 Å². The Morgan fingerprint density at radius 3 is 2.59 bits per heavy atom. The average Bonchev–Trinajstić information content (AvgIpc) is 2.94. The molecule has 0 amide bonds. The molecule has 0 saturated carbocycles. The maximum atomic E-state index is 11.2. The zero-order valence-electron chi connectivity index (χ0n) is 17.0. The lowest BCUT2D eigenvalue weighted by molar-refractivity contribution is -0.255. The quantitative estimate of drug-likeness (QED) is 0.492. The van der Waals surface area contributed by atoms with Gasteiger partial charge in [0.25, 0.3) is 0 Å². The number of carboxylic acids is 1. The Hall–Kier alpha value is -2.79. The maximum Gasteiger partial charge on any atom is 0.0715 e. The number of carbonyl (C=O) groups is 1. The van der Waals surface area contributed by atoms with E-state index in [2.05, 4.69) is 11.0 Å². The Labute approximate surface area is 203 Å². The van der Waals surface area contributed by atoms with E-state index in [1.54, 1.807) is 24.3 Å². The van der Waals surface area contributed by atoms with Gasteiger partial charge in [0.15, 0.2) is 0 Å². The zero-order chi connectivity index (χ0) is 21.8. The van der Waals surface area contributed by atoms with E-state index in [9.17, 15) is 9.90 Å². The number of anilines is 1. The van der Waals surface area contributed by atoms with Crippen molar-refractivity contribution < 1.29 is 9.90 Å². The average molecular weight is 487 g/mol. The molecule has 4 nitrogen and oxygen atoms in total. The number of nitrogens with zero attached hydrogens (tertiary/aromatic N) is 2. The third-order valence-corrected chi connectivity index (χ3v) is 5.83. The van der Waals surface area contributed by atoms with E-state index in [0.29, 0.717) is 23.1 Å². The highest BCUT2D eigenvalue weighted by Crippen LogP contribution is 2.27. The number of benzodiazepines with no additional fused rings is 1. The van der Waals surface area contributed by atoms with Crippen LogP contribution in [0.15, 0.2) is 77.8 Å². The predicted molar refractivity (Wildman–Crippen MR) is 132 cm³/mol. The lowest BCUT2D eigenvalue weighted by atomic mass is 10.0. The van der Waals surface area contributed by atoms with Crippen molar-refractivity contribution in [1.29, 1.82) is 0 Å². The van der Waals surface area contributed by atoms with Gasteiger partial charge in [0.2, 0.25) is 0 Å². The summed E-state index contributed by atoms with van der Waals surface area (Å²) in [6.07, 6.45) is 3.95. The van der Waals surface area contributed by atoms with Gasteiger partial charge in [0.05, 0.1) is 28.3 Å². The normalized spacial score (nSPS) is 13.2. The SMILES string of the molecule is Cl.O=C([O-])c1cccc(CN2CCN=C(/C=C/c3ccc(Cl)c(Cl)c3)c3ccccc32)c1. The van der Waals surface area contributed by atoms with Crippen LogP contribution in [0, 0.1) is 0 Å². The second-order valence-electron chi connectivity index (χ2n) is 7.20. The molecule has 0 radical (unpaired) electrons. The summed E-state index contributed by atoms with van der Waals surface area (Å²) in [5.41, 5.74) is 4.99. The fraction of sp³-hybridized carbons (Fsp3) is 0.120. The zero-order valence-corrected chi connectivity index (χ0v) is 19.3. The molecule has 3 aromatic rings. The van der Waals surface area contributed by atoms with Crippen LogP contribution in [0.4, 0.5) is 5.69 Å². The van der Waals surface area contributed by atoms with Crippen LogP contribution in [0.2, 0.25) is 10.0 Å². The molecule has 32 heavy (non-hydrogen) atoms. The summed E-state index contributed by atoms with van der Waals surface area (Å²) in [5, 5.41) is 12.2. The molecule has 0 unspecified atom stereocenters. The van der Waals surface area contributed by atoms with Crippen molar-refractivity contribution in [2.75, 3.05) is 18.0 Å². The molecule has 0 bridgehead atoms. The summed E-state index contributed by atoms with van der Waals surface area (Å²) in [5.74, 6) is -1.17. The number of carbonyl (C=O) groups excluding carboxylic acids is 1. The van der Waals surface area contributed by atoms with E-state index < -0.39 is 5.97 Å². The van der Waals surface area contributed by atoms with Crippen molar-refractivity contribution in [3.63, 3.8) is 0 Å². The number of halogens is 3. The van der Waals surface area contributed by atoms with Gasteiger partial charge in [-0.2, -0.15) is 0 Å². The maximum absolute atomic E-state index is 11.2. The van der Waals surface area contributed by atoms with Crippen LogP contribution in [0.1, 0.15) is 27.0 Å². The van der Waals surface area contributed by atoms with Gasteiger partial charge in [-0.05, 0) is 47.0 Å². The molecular weight excluding hydrogens is 467 g/mol. The van der Waals surface area contributed by atoms with Crippen LogP contribution in [0.25, 0.3) is 6.08 Å². The molecule has 0 aromatic heterocycles. The van der Waals surface area contributed by atoms with Gasteiger partial charge in [-0.15, -0.1) is 12.4 Å². The molecule has 4 rings (SSSR count). The monoisotopic (exact) mass is 485 g/mol. The first kappa shape index (κ1) is 23.9. The molecule has 0 atom stereocenters. The molecule has 1 aliphatic heterocycles. The number of para-hydroxylation sites is 1. The minimum absolute atomic E-state index is 0. The van der Waals surface area contributed by atoms with Gasteiger partial charge >= 0.3 is 0 Å². The third kappa shape index (κ3) is 5.52. The van der Waals surface area contributed by atoms with Crippen molar-refractivity contribution >= 4 is 59.1 Å². The Kier molecular flexibility index (Phi) is 7.97. The molecule has 164 valence electrons. The molecule has 0 fully saturated rings. The third-order valence-electron chi connectivity index (χ3n) is 5.09. The summed E-state index contributed by atoms with van der Waals surface area (Å²) < 4.78 is 0. The Morgan fingerprint density at radius 2 is 1.81 bits per heavy atom. The van der Waals surface area contributed by atoms with Gasteiger partial charge in [0.1, 0.15) is 0 Å². The van der Waals surface area contributed by atoms with E-state index in [1.165, 1.54) is 0 Å². The lowest BCUT2D eigenvalue weighted by Gasteiger charge is -2.25. The second kappa shape index (κ2) is 10.7. The number of allylic oxidation sites excluding steroid dienone is 1. The molecule has 1 aliphatic rings. The molecule has 0 N–H and O–H groups in total. The first-order valence-electron chi connectivity index (χ1n) is 9.83. The van der Waals surface area contributed by atoms with Crippen molar-refractivity contribution in [1.82, 2.24) is 0 Å². The Balaban J connectivity index is 0.00000289. The van der Waals surface area contributed by atoms with Crippen LogP contribution in [-0.4, -0.2) is 24.8 Å². The minimum atomic E-state index is -1.17. The molecule has 7 heteroatoms. The number of hydrogen-bond donors (Lipinski definition) is 0. The van der Waals surface area contributed by atoms with Crippen LogP contribution >= 0.6 is 35.6 Å². The summed E-state index contributed by atoms with van der Waals surface area (Å²) in [6, 6.07) is 20.5. The number of aromatic carboxylic acids is 1. The first-order valence-corrected chi connectivity index (χ1v) is 10.6. The summed E-state index contributed by atoms with van der Waals surface area (Å²) >= 11 is 12.1. The largest absolute Gasteiger partial charge is 0.545 e. The highest BCUT2D eigenvalue weighted by molar-refractivity contribution is 6.42. The summed E-state index contributed by atoms with van der Waals surface area (Å²) in [7, 11) is 0. The molecule has 1 heterocycles. The van der Waals surface area contributed by atoms with Crippen molar-refractivity contribution in [3.05, 3.63) is 105 Å². The van der Waals surface area contributed by atoms with Crippen molar-refractivity contribution in [3.8, 4) is 0 Å². The number of benzene rings is 3. The number of hydrogen-bond acceptors (Lipinski definition) is 4. The van der Waals surface area contributed by atoms with E-state index in [-0.39, 0.29) is 18.0 Å². The minimum Gasteiger partial charge on any atom is -0.545 e. The number of fused-ring (bicyclic) bond motifs is 1. The molecular formula is C25H20Cl3N2O2-. The van der Waals surface area contributed by atoms with E-state index >= 15 is 0 Å². The molecule has 0 saturated heterocycles. The van der Waals surface area contributed by atoms with Crippen LogP contribution in [0.5, 0.6) is 0 Å². The second-order valence-corrected chi connectivity index (χ2v) is 8.01. The number of carboxylic acid groups (broad SMARTS) is 1. The molecule has 0 aliphatic carbocycles. The lowest BCUT2D eigenvalue weighted by Crippen LogP contribution is -2.26. The van der Waals surface area contributed by atoms with Gasteiger partial charge in [-0.1, -0.05) is 71.7 Å². The Morgan fingerprint density at radius 1 is 1.00 bits per heavy atom. The van der Waals surface area contributed by atoms with Crippen LogP contribution in [-0.2, 0) is 6.54 Å². The molecule has 3 aromatic carbocycles. The number of aliphatic imine (C=N–C) groups is 1. The van der Waals surface area contributed by atoms with E-state index in [4.69, 9.17) is 28.2 Å². The van der Waals surface area contributed by atoms with Gasteiger partial charge in [-0.25, -0.2) is 0 Å². The van der Waals surface area contributed by atoms with E-state index in [0.717, 1.165) is 34.6 Å². The highest BCUT2D eigenvalue weighted by Gasteiger charge is 2.17. The fourth-order valence-electron chi connectivity index (χ4n) is 3.58. The predicted octanol–water partition coefficient (Wildman–Crippen LogP) is 5.30. The van der Waals surface area contributed by atoms with Gasteiger partial charge in [0, 0.05) is 24.3 Å². The molecule has 0 spiro atoms. The van der Waals surface area contributed by atoms with Gasteiger partial charge < -0.3 is 14.8 Å². The Bertz CT molecular complexity index is 1190. The number of rotatable bonds is 5.